The molecule has 0 bridgehead atoms. The molecule has 0 unspecified atom stereocenters. The van der Waals surface area contributed by atoms with E-state index in [9.17, 15) is 10.2 Å². The minimum atomic E-state index is -1.01. The second-order valence-corrected chi connectivity index (χ2v) is 6.77. The van der Waals surface area contributed by atoms with Crippen molar-refractivity contribution in [2.24, 2.45) is 0 Å². The summed E-state index contributed by atoms with van der Waals surface area (Å²) in [5.41, 5.74) is 1.39. The summed E-state index contributed by atoms with van der Waals surface area (Å²) in [6, 6.07) is 19.4. The number of ether oxygens (including phenoxy) is 3. The molecule has 0 amide bonds. The van der Waals surface area contributed by atoms with E-state index in [0.717, 1.165) is 11.1 Å². The lowest BCUT2D eigenvalue weighted by molar-refractivity contribution is -0.237. The summed E-state index contributed by atoms with van der Waals surface area (Å²) >= 11 is 4.45. The SMILES string of the molecule is OC[C@H]1O[C@@H](S)[C@H](OCc2ccccc2)[C@@H](OCc2ccccc2)[C@H]1O. The minimum absolute atomic E-state index is 0.311. The van der Waals surface area contributed by atoms with Crippen molar-refractivity contribution in [3.8, 4) is 0 Å². The highest BCUT2D eigenvalue weighted by molar-refractivity contribution is 7.80. The molecule has 2 aromatic rings. The lowest BCUT2D eigenvalue weighted by Crippen LogP contribution is -2.58. The van der Waals surface area contributed by atoms with Gasteiger partial charge in [-0.05, 0) is 11.1 Å². The van der Waals surface area contributed by atoms with Crippen molar-refractivity contribution in [3.63, 3.8) is 0 Å². The van der Waals surface area contributed by atoms with Crippen LogP contribution in [0.4, 0.5) is 0 Å². The first kappa shape index (κ1) is 19.4. The highest BCUT2D eigenvalue weighted by Crippen LogP contribution is 2.29. The van der Waals surface area contributed by atoms with Gasteiger partial charge in [-0.3, -0.25) is 0 Å². The molecule has 0 aromatic heterocycles. The molecule has 5 nitrogen and oxygen atoms in total. The van der Waals surface area contributed by atoms with Crippen LogP contribution in [-0.2, 0) is 27.4 Å². The second kappa shape index (κ2) is 9.50. The number of hydrogen-bond acceptors (Lipinski definition) is 6. The van der Waals surface area contributed by atoms with E-state index in [1.54, 1.807) is 0 Å². The molecule has 0 saturated carbocycles. The summed E-state index contributed by atoms with van der Waals surface area (Å²) in [6.45, 7) is 0.370. The summed E-state index contributed by atoms with van der Waals surface area (Å²) in [5.74, 6) is 0. The predicted molar refractivity (Wildman–Crippen MR) is 101 cm³/mol. The number of aliphatic hydroxyl groups excluding tert-OH is 2. The molecule has 3 rings (SSSR count). The smallest absolute Gasteiger partial charge is 0.129 e. The van der Waals surface area contributed by atoms with Crippen molar-refractivity contribution in [1.82, 2.24) is 0 Å². The third kappa shape index (κ3) is 4.85. The molecule has 2 N–H and O–H groups in total. The molecule has 1 aliphatic rings. The quantitative estimate of drug-likeness (QED) is 0.646. The van der Waals surface area contributed by atoms with E-state index in [4.69, 9.17) is 14.2 Å². The van der Waals surface area contributed by atoms with Crippen molar-refractivity contribution in [2.45, 2.75) is 43.1 Å². The fraction of sp³-hybridized carbons (Fsp3) is 0.400. The fourth-order valence-electron chi connectivity index (χ4n) is 2.96. The molecule has 2 aromatic carbocycles. The number of benzene rings is 2. The molecule has 0 aliphatic carbocycles. The van der Waals surface area contributed by atoms with Crippen LogP contribution in [0.3, 0.4) is 0 Å². The Balaban J connectivity index is 1.69. The number of hydrogen-bond donors (Lipinski definition) is 3. The Morgan fingerprint density at radius 2 is 1.35 bits per heavy atom. The van der Waals surface area contributed by atoms with Crippen LogP contribution in [0.1, 0.15) is 11.1 Å². The monoisotopic (exact) mass is 376 g/mol. The standard InChI is InChI=1S/C20H24O5S/c21-11-16-17(22)18(23-12-14-7-3-1-4-8-14)19(20(26)25-16)24-13-15-9-5-2-6-10-15/h1-10,16-22,26H,11-13H2/t16-,17+,18+,19-,20+/m1/s1. The van der Waals surface area contributed by atoms with Crippen LogP contribution in [0, 0.1) is 0 Å². The van der Waals surface area contributed by atoms with E-state index in [2.05, 4.69) is 12.6 Å². The van der Waals surface area contributed by atoms with Gasteiger partial charge in [-0.25, -0.2) is 0 Å². The van der Waals surface area contributed by atoms with Crippen LogP contribution in [0.25, 0.3) is 0 Å². The van der Waals surface area contributed by atoms with Gasteiger partial charge in [0.15, 0.2) is 0 Å². The van der Waals surface area contributed by atoms with Crippen LogP contribution in [0.2, 0.25) is 0 Å². The van der Waals surface area contributed by atoms with Gasteiger partial charge in [0.05, 0.1) is 19.8 Å². The summed E-state index contributed by atoms with van der Waals surface area (Å²) in [5, 5.41) is 20.0. The Kier molecular flexibility index (Phi) is 7.07. The number of aliphatic hydroxyl groups is 2. The average molecular weight is 376 g/mol. The Labute approximate surface area is 158 Å². The normalized spacial score (nSPS) is 28.8. The van der Waals surface area contributed by atoms with E-state index in [-0.39, 0.29) is 6.61 Å². The van der Waals surface area contributed by atoms with Crippen molar-refractivity contribution in [1.29, 1.82) is 0 Å². The van der Waals surface area contributed by atoms with Gasteiger partial charge in [0, 0.05) is 0 Å². The molecule has 140 valence electrons. The van der Waals surface area contributed by atoms with Crippen molar-refractivity contribution >= 4 is 12.6 Å². The summed E-state index contributed by atoms with van der Waals surface area (Å²) in [4.78, 5) is 0. The van der Waals surface area contributed by atoms with Crippen LogP contribution < -0.4 is 0 Å². The van der Waals surface area contributed by atoms with Gasteiger partial charge in [-0.15, -0.1) is 12.6 Å². The van der Waals surface area contributed by atoms with Gasteiger partial charge in [0.2, 0.25) is 0 Å². The topological polar surface area (TPSA) is 68.2 Å². The Morgan fingerprint density at radius 1 is 0.846 bits per heavy atom. The summed E-state index contributed by atoms with van der Waals surface area (Å²) in [7, 11) is 0. The Bertz CT molecular complexity index is 654. The molecule has 6 heteroatoms. The molecule has 0 spiro atoms. The zero-order valence-electron chi connectivity index (χ0n) is 14.3. The zero-order chi connectivity index (χ0) is 18.4. The fourth-order valence-corrected chi connectivity index (χ4v) is 3.37. The van der Waals surface area contributed by atoms with E-state index in [0.29, 0.717) is 13.2 Å². The maximum atomic E-state index is 10.6. The van der Waals surface area contributed by atoms with E-state index in [1.165, 1.54) is 0 Å². The third-order valence-corrected chi connectivity index (χ3v) is 4.80. The lowest BCUT2D eigenvalue weighted by atomic mass is 9.99. The van der Waals surface area contributed by atoms with E-state index in [1.807, 2.05) is 60.7 Å². The highest BCUT2D eigenvalue weighted by Gasteiger charge is 2.45. The molecule has 1 aliphatic heterocycles. The van der Waals surface area contributed by atoms with Crippen molar-refractivity contribution in [2.75, 3.05) is 6.61 Å². The second-order valence-electron chi connectivity index (χ2n) is 6.26. The van der Waals surface area contributed by atoms with Gasteiger partial charge in [0.25, 0.3) is 0 Å². The van der Waals surface area contributed by atoms with Gasteiger partial charge in [-0.2, -0.15) is 0 Å². The van der Waals surface area contributed by atoms with E-state index >= 15 is 0 Å². The van der Waals surface area contributed by atoms with Crippen molar-refractivity contribution < 1.29 is 24.4 Å². The molecule has 5 atom stereocenters. The molecule has 0 radical (unpaired) electrons. The Morgan fingerprint density at radius 3 is 1.85 bits per heavy atom. The van der Waals surface area contributed by atoms with Gasteiger partial charge >= 0.3 is 0 Å². The molecule has 26 heavy (non-hydrogen) atoms. The number of thiol groups is 1. The first-order valence-corrected chi connectivity index (χ1v) is 9.14. The van der Waals surface area contributed by atoms with Crippen LogP contribution in [0.15, 0.2) is 60.7 Å². The third-order valence-electron chi connectivity index (χ3n) is 4.39. The zero-order valence-corrected chi connectivity index (χ0v) is 15.2. The van der Waals surface area contributed by atoms with Crippen LogP contribution in [-0.4, -0.2) is 46.7 Å². The van der Waals surface area contributed by atoms with Gasteiger partial charge in [-0.1, -0.05) is 60.7 Å². The average Bonchev–Trinajstić information content (AvgIpc) is 2.69. The van der Waals surface area contributed by atoms with Gasteiger partial charge < -0.3 is 24.4 Å². The first-order chi connectivity index (χ1) is 12.7. The maximum Gasteiger partial charge on any atom is 0.129 e. The van der Waals surface area contributed by atoms with Crippen molar-refractivity contribution in [3.05, 3.63) is 71.8 Å². The summed E-state index contributed by atoms with van der Waals surface area (Å²) < 4.78 is 17.5. The molecule has 1 fully saturated rings. The molecule has 1 saturated heterocycles. The summed E-state index contributed by atoms with van der Waals surface area (Å²) in [6.07, 6.45) is -2.99. The van der Waals surface area contributed by atoms with Crippen LogP contribution >= 0.6 is 12.6 Å². The lowest BCUT2D eigenvalue weighted by Gasteiger charge is -2.42. The molecular formula is C20H24O5S. The highest BCUT2D eigenvalue weighted by atomic mass is 32.1. The number of rotatable bonds is 7. The maximum absolute atomic E-state index is 10.6. The first-order valence-electron chi connectivity index (χ1n) is 8.62. The largest absolute Gasteiger partial charge is 0.394 e. The predicted octanol–water partition coefficient (Wildman–Crippen LogP) is 2.17. The van der Waals surface area contributed by atoms with Gasteiger partial charge in [0.1, 0.15) is 29.9 Å². The van der Waals surface area contributed by atoms with Crippen LogP contribution in [0.5, 0.6) is 0 Å². The molecule has 1 heterocycles. The Hall–Kier alpha value is -1.41. The van der Waals surface area contributed by atoms with E-state index < -0.39 is 29.9 Å². The molecular weight excluding hydrogens is 352 g/mol. The minimum Gasteiger partial charge on any atom is -0.394 e.